The second-order valence-corrected chi connectivity index (χ2v) is 7.01. The molecule has 0 aliphatic carbocycles. The number of hydrogen-bond acceptors (Lipinski definition) is 3. The number of nitrogens with zero attached hydrogens (tertiary/aromatic N) is 1. The van der Waals surface area contributed by atoms with Crippen LogP contribution in [0.2, 0.25) is 5.02 Å². The van der Waals surface area contributed by atoms with Gasteiger partial charge in [-0.3, -0.25) is 4.79 Å². The predicted octanol–water partition coefficient (Wildman–Crippen LogP) is 1.68. The number of rotatable bonds is 8. The van der Waals surface area contributed by atoms with Gasteiger partial charge < -0.3 is 15.0 Å². The Labute approximate surface area is 149 Å². The first kappa shape index (κ1) is 20.3. The van der Waals surface area contributed by atoms with Crippen molar-refractivity contribution in [2.24, 2.45) is 5.92 Å². The number of likely N-dealkylation sites (N-methyl/N-ethyl adjacent to an activating group) is 1. The molecule has 24 heavy (non-hydrogen) atoms. The summed E-state index contributed by atoms with van der Waals surface area (Å²) < 4.78 is 5.66. The van der Waals surface area contributed by atoms with Crippen LogP contribution in [0.4, 0.5) is 0 Å². The van der Waals surface area contributed by atoms with Gasteiger partial charge in [-0.05, 0) is 44.0 Å². The molecule has 0 aliphatic rings. The molecule has 1 aromatic rings. The lowest BCUT2D eigenvalue weighted by atomic mass is 9.90. The van der Waals surface area contributed by atoms with Crippen molar-refractivity contribution < 1.29 is 14.4 Å². The number of carbonyl (C=O) groups excluding carboxylic acids is 1. The number of amides is 1. The fraction of sp³-hybridized carbons (Fsp3) is 0.556. The zero-order chi connectivity index (χ0) is 18.3. The van der Waals surface area contributed by atoms with E-state index in [0.29, 0.717) is 18.2 Å². The van der Waals surface area contributed by atoms with Crippen LogP contribution in [0.1, 0.15) is 27.7 Å². The molecular weight excluding hydrogens is 326 g/mol. The number of hydrogen-bond donors (Lipinski definition) is 2. The van der Waals surface area contributed by atoms with E-state index in [-0.39, 0.29) is 17.9 Å². The van der Waals surface area contributed by atoms with Crippen LogP contribution in [-0.2, 0) is 4.79 Å². The summed E-state index contributed by atoms with van der Waals surface area (Å²) in [5, 5.41) is 12.8. The molecule has 0 radical (unpaired) electrons. The highest BCUT2D eigenvalue weighted by Gasteiger charge is 2.33. The second-order valence-electron chi connectivity index (χ2n) is 6.58. The number of ether oxygens (including phenoxy) is 1. The van der Waals surface area contributed by atoms with Gasteiger partial charge in [0.2, 0.25) is 0 Å². The molecule has 132 valence electrons. The summed E-state index contributed by atoms with van der Waals surface area (Å²) >= 11 is 5.83. The summed E-state index contributed by atoms with van der Waals surface area (Å²) in [6, 6.07) is 9.10. The maximum atomic E-state index is 12.4. The Morgan fingerprint density at radius 3 is 2.46 bits per heavy atom. The first-order valence-electron chi connectivity index (χ1n) is 8.13. The van der Waals surface area contributed by atoms with Crippen LogP contribution in [0.3, 0.4) is 0 Å². The third kappa shape index (κ3) is 5.70. The molecule has 0 fully saturated rings. The van der Waals surface area contributed by atoms with Gasteiger partial charge in [0.05, 0.1) is 13.1 Å². The summed E-state index contributed by atoms with van der Waals surface area (Å²) in [6.07, 6.45) is 0. The Bertz CT molecular complexity index is 583. The van der Waals surface area contributed by atoms with E-state index in [0.717, 1.165) is 10.6 Å². The van der Waals surface area contributed by atoms with Crippen molar-refractivity contribution in [1.82, 2.24) is 5.32 Å². The summed E-state index contributed by atoms with van der Waals surface area (Å²) in [6.45, 7) is 8.61. The van der Waals surface area contributed by atoms with Crippen LogP contribution in [0.25, 0.3) is 0 Å². The van der Waals surface area contributed by atoms with E-state index in [4.69, 9.17) is 16.3 Å². The van der Waals surface area contributed by atoms with Crippen molar-refractivity contribution in [2.75, 3.05) is 20.2 Å². The van der Waals surface area contributed by atoms with Gasteiger partial charge in [0.15, 0.2) is 6.04 Å². The summed E-state index contributed by atoms with van der Waals surface area (Å²) in [4.78, 5) is 13.4. The topological polar surface area (TPSA) is 66.6 Å². The number of halogens is 1. The van der Waals surface area contributed by atoms with Gasteiger partial charge >= 0.3 is 0 Å². The monoisotopic (exact) mass is 352 g/mol. The molecule has 1 aromatic carbocycles. The van der Waals surface area contributed by atoms with E-state index in [2.05, 4.69) is 11.4 Å². The van der Waals surface area contributed by atoms with Crippen molar-refractivity contribution in [2.45, 2.75) is 39.3 Å². The molecule has 0 aromatic heterocycles. The maximum absolute atomic E-state index is 12.4. The van der Waals surface area contributed by atoms with Crippen molar-refractivity contribution in [3.63, 3.8) is 0 Å². The highest BCUT2D eigenvalue weighted by molar-refractivity contribution is 6.30. The highest BCUT2D eigenvalue weighted by Crippen LogP contribution is 2.15. The van der Waals surface area contributed by atoms with Gasteiger partial charge in [0.1, 0.15) is 24.4 Å². The van der Waals surface area contributed by atoms with E-state index in [1.807, 2.05) is 40.0 Å². The molecule has 3 atom stereocenters. The van der Waals surface area contributed by atoms with E-state index >= 15 is 0 Å². The van der Waals surface area contributed by atoms with Gasteiger partial charge in [-0.15, -0.1) is 0 Å². The highest BCUT2D eigenvalue weighted by atomic mass is 35.5. The average Bonchev–Trinajstić information content (AvgIpc) is 2.55. The standard InChI is InChI=1S/C18H26ClN3O2/c1-13(2)18(4,12-20)21-17(23)14(3)22(5)10-11-24-16-8-6-15(19)7-9-16/h6-9,13-14H,10-11H2,1-5H3,(H,21,23)/p+1/t14-,18+/m1/s1. The molecule has 5 nitrogen and oxygen atoms in total. The lowest BCUT2D eigenvalue weighted by Crippen LogP contribution is -3.14. The SMILES string of the molecule is CC(C)[C@](C)(C#N)NC(=O)[C@@H](C)[NH+](C)CCOc1ccc(Cl)cc1. The minimum atomic E-state index is -0.856. The van der Waals surface area contributed by atoms with E-state index < -0.39 is 5.54 Å². The molecule has 1 amide bonds. The Balaban J connectivity index is 2.49. The Morgan fingerprint density at radius 2 is 1.96 bits per heavy atom. The normalized spacial score (nSPS) is 15.9. The summed E-state index contributed by atoms with van der Waals surface area (Å²) in [7, 11) is 1.94. The fourth-order valence-electron chi connectivity index (χ4n) is 1.97. The Hall–Kier alpha value is -1.77. The minimum Gasteiger partial charge on any atom is -0.488 e. The molecule has 1 unspecified atom stereocenters. The van der Waals surface area contributed by atoms with Crippen LogP contribution in [0.5, 0.6) is 5.75 Å². The minimum absolute atomic E-state index is 0.0344. The molecule has 0 heterocycles. The fourth-order valence-corrected chi connectivity index (χ4v) is 2.09. The number of nitriles is 1. The van der Waals surface area contributed by atoms with Crippen molar-refractivity contribution in [3.8, 4) is 11.8 Å². The average molecular weight is 353 g/mol. The Morgan fingerprint density at radius 1 is 1.38 bits per heavy atom. The summed E-state index contributed by atoms with van der Waals surface area (Å²) in [5.74, 6) is 0.658. The number of benzene rings is 1. The molecule has 0 bridgehead atoms. The van der Waals surface area contributed by atoms with Gasteiger partial charge in [-0.25, -0.2) is 0 Å². The number of carbonyl (C=O) groups is 1. The Kier molecular flexibility index (Phi) is 7.53. The zero-order valence-electron chi connectivity index (χ0n) is 15.0. The van der Waals surface area contributed by atoms with Crippen molar-refractivity contribution >= 4 is 17.5 Å². The molecular formula is C18H27ClN3O2+. The molecule has 0 spiro atoms. The van der Waals surface area contributed by atoms with Gasteiger partial charge in [-0.1, -0.05) is 25.4 Å². The molecule has 6 heteroatoms. The van der Waals surface area contributed by atoms with Crippen molar-refractivity contribution in [1.29, 1.82) is 5.26 Å². The third-order valence-electron chi connectivity index (χ3n) is 4.48. The lowest BCUT2D eigenvalue weighted by Gasteiger charge is -2.30. The van der Waals surface area contributed by atoms with Crippen LogP contribution >= 0.6 is 11.6 Å². The number of quaternary nitrogens is 1. The van der Waals surface area contributed by atoms with Gasteiger partial charge in [-0.2, -0.15) is 5.26 Å². The maximum Gasteiger partial charge on any atom is 0.279 e. The van der Waals surface area contributed by atoms with Gasteiger partial charge in [0.25, 0.3) is 5.91 Å². The lowest BCUT2D eigenvalue weighted by molar-refractivity contribution is -0.894. The van der Waals surface area contributed by atoms with E-state index in [1.54, 1.807) is 19.1 Å². The van der Waals surface area contributed by atoms with Crippen LogP contribution in [0, 0.1) is 17.2 Å². The number of nitrogens with one attached hydrogen (secondary N) is 2. The molecule has 0 saturated heterocycles. The summed E-state index contributed by atoms with van der Waals surface area (Å²) in [5.41, 5.74) is -0.856. The van der Waals surface area contributed by atoms with Crippen molar-refractivity contribution in [3.05, 3.63) is 29.3 Å². The predicted molar refractivity (Wildman–Crippen MR) is 95.2 cm³/mol. The second kappa shape index (κ2) is 8.91. The van der Waals surface area contributed by atoms with E-state index in [9.17, 15) is 10.1 Å². The van der Waals surface area contributed by atoms with Crippen LogP contribution in [0.15, 0.2) is 24.3 Å². The van der Waals surface area contributed by atoms with Crippen LogP contribution < -0.4 is 15.0 Å². The molecule has 0 aliphatic heterocycles. The third-order valence-corrected chi connectivity index (χ3v) is 4.73. The van der Waals surface area contributed by atoms with Gasteiger partial charge in [0, 0.05) is 5.02 Å². The molecule has 2 N–H and O–H groups in total. The smallest absolute Gasteiger partial charge is 0.279 e. The molecule has 1 rings (SSSR count). The van der Waals surface area contributed by atoms with Crippen LogP contribution in [-0.4, -0.2) is 37.7 Å². The zero-order valence-corrected chi connectivity index (χ0v) is 15.8. The van der Waals surface area contributed by atoms with E-state index in [1.165, 1.54) is 0 Å². The largest absolute Gasteiger partial charge is 0.488 e. The quantitative estimate of drug-likeness (QED) is 0.748. The first-order valence-corrected chi connectivity index (χ1v) is 8.51. The molecule has 0 saturated carbocycles. The first-order chi connectivity index (χ1) is 11.2.